The number of nitrogens with one attached hydrogen (secondary N) is 1. The zero-order valence-corrected chi connectivity index (χ0v) is 14.4. The molecule has 2 aromatic rings. The first-order valence-electron chi connectivity index (χ1n) is 9.00. The number of carbonyl (C=O) groups excluding carboxylic acids is 1. The molecule has 9 heteroatoms. The average molecular weight is 378 g/mol. The highest BCUT2D eigenvalue weighted by Crippen LogP contribution is 2.67. The molecule has 3 heterocycles. The summed E-state index contributed by atoms with van der Waals surface area (Å²) >= 11 is 0. The van der Waals surface area contributed by atoms with E-state index in [-0.39, 0.29) is 31.1 Å². The number of fused-ring (bicyclic) bond motifs is 3. The molecule has 2 bridgehead atoms. The van der Waals surface area contributed by atoms with Gasteiger partial charge in [-0.25, -0.2) is 0 Å². The van der Waals surface area contributed by atoms with Crippen LogP contribution in [0.4, 0.5) is 13.2 Å². The van der Waals surface area contributed by atoms with Crippen molar-refractivity contribution < 1.29 is 22.5 Å². The van der Waals surface area contributed by atoms with Crippen LogP contribution >= 0.6 is 0 Å². The van der Waals surface area contributed by atoms with Gasteiger partial charge in [0, 0.05) is 24.4 Å². The molecule has 0 radical (unpaired) electrons. The predicted molar refractivity (Wildman–Crippen MR) is 86.8 cm³/mol. The van der Waals surface area contributed by atoms with Crippen LogP contribution in [0.15, 0.2) is 16.9 Å². The van der Waals surface area contributed by atoms with E-state index in [2.05, 4.69) is 20.4 Å². The molecule has 2 aliphatic carbocycles. The summed E-state index contributed by atoms with van der Waals surface area (Å²) in [4.78, 5) is 20.5. The van der Waals surface area contributed by atoms with Crippen molar-refractivity contribution in [3.8, 4) is 11.5 Å². The smallest absolute Gasteiger partial charge is 0.352 e. The van der Waals surface area contributed by atoms with Crippen LogP contribution < -0.4 is 5.32 Å². The van der Waals surface area contributed by atoms with E-state index < -0.39 is 17.0 Å². The van der Waals surface area contributed by atoms with Gasteiger partial charge in [-0.1, -0.05) is 5.16 Å². The van der Waals surface area contributed by atoms with E-state index in [1.54, 1.807) is 6.20 Å². The Kier molecular flexibility index (Phi) is 3.28. The molecule has 142 valence electrons. The summed E-state index contributed by atoms with van der Waals surface area (Å²) in [7, 11) is 0. The van der Waals surface area contributed by atoms with E-state index in [0.717, 1.165) is 5.56 Å². The van der Waals surface area contributed by atoms with Crippen LogP contribution in [-0.4, -0.2) is 33.8 Å². The molecule has 0 saturated heterocycles. The Labute approximate surface area is 152 Å². The van der Waals surface area contributed by atoms with Gasteiger partial charge in [-0.3, -0.25) is 9.78 Å². The van der Waals surface area contributed by atoms with Gasteiger partial charge in [0.1, 0.15) is 0 Å². The van der Waals surface area contributed by atoms with Crippen molar-refractivity contribution in [2.24, 2.45) is 5.41 Å². The van der Waals surface area contributed by atoms with E-state index in [1.165, 1.54) is 6.20 Å². The number of hydrogen-bond acceptors (Lipinski definition) is 5. The Morgan fingerprint density at radius 1 is 1.11 bits per heavy atom. The van der Waals surface area contributed by atoms with Crippen molar-refractivity contribution in [2.45, 2.75) is 50.1 Å². The highest BCUT2D eigenvalue weighted by molar-refractivity contribution is 5.97. The quantitative estimate of drug-likeness (QED) is 0.868. The Bertz CT molecular complexity index is 929. The summed E-state index contributed by atoms with van der Waals surface area (Å²) in [6.07, 6.45) is 0.553. The first-order valence-corrected chi connectivity index (χ1v) is 9.00. The van der Waals surface area contributed by atoms with Gasteiger partial charge >= 0.3 is 6.18 Å². The van der Waals surface area contributed by atoms with E-state index in [9.17, 15) is 18.0 Å². The fraction of sp³-hybridized carbons (Fsp3) is 0.556. The monoisotopic (exact) mass is 378 g/mol. The van der Waals surface area contributed by atoms with Crippen LogP contribution in [0.5, 0.6) is 0 Å². The molecule has 0 spiro atoms. The third kappa shape index (κ3) is 2.26. The van der Waals surface area contributed by atoms with Crippen molar-refractivity contribution >= 4 is 5.91 Å². The number of hydrogen-bond donors (Lipinski definition) is 1. The van der Waals surface area contributed by atoms with E-state index >= 15 is 0 Å². The molecule has 0 aromatic carbocycles. The van der Waals surface area contributed by atoms with Gasteiger partial charge in [-0.2, -0.15) is 18.2 Å². The molecule has 0 unspecified atom stereocenters. The number of alkyl halides is 3. The van der Waals surface area contributed by atoms with Crippen LogP contribution in [0.2, 0.25) is 0 Å². The maximum absolute atomic E-state index is 13.5. The molecule has 2 aromatic heterocycles. The molecule has 1 aliphatic heterocycles. The van der Waals surface area contributed by atoms with Crippen LogP contribution in [0.1, 0.15) is 53.8 Å². The van der Waals surface area contributed by atoms with Crippen LogP contribution in [0.3, 0.4) is 0 Å². The number of carbonyl (C=O) groups is 1. The topological polar surface area (TPSA) is 80.9 Å². The summed E-state index contributed by atoms with van der Waals surface area (Å²) in [5.41, 5.74) is -0.454. The minimum Gasteiger partial charge on any atom is -0.352 e. The third-order valence-corrected chi connectivity index (χ3v) is 6.54. The van der Waals surface area contributed by atoms with Gasteiger partial charge in [0.05, 0.1) is 16.5 Å². The summed E-state index contributed by atoms with van der Waals surface area (Å²) in [5.74, 6) is 0.360. The Morgan fingerprint density at radius 2 is 1.85 bits per heavy atom. The van der Waals surface area contributed by atoms with E-state index in [4.69, 9.17) is 4.52 Å². The molecular formula is C18H17F3N4O2. The molecule has 1 N–H and O–H groups in total. The lowest BCUT2D eigenvalue weighted by atomic mass is 9.81. The van der Waals surface area contributed by atoms with Crippen molar-refractivity contribution in [2.75, 3.05) is 6.54 Å². The standard InChI is InChI=1S/C18H17F3N4O2/c19-18(20,21)17-4-2-16(9-17,3-5-17)15-24-14(27-25-15)12-8-22-7-11-10(12)1-6-23-13(11)26/h7-8H,1-6,9H2,(H,23,26). The third-order valence-electron chi connectivity index (χ3n) is 6.54. The first-order chi connectivity index (χ1) is 12.8. The fourth-order valence-corrected chi connectivity index (χ4v) is 4.98. The fourth-order valence-electron chi connectivity index (χ4n) is 4.98. The van der Waals surface area contributed by atoms with Crippen LogP contribution in [0, 0.1) is 5.41 Å². The second kappa shape index (κ2) is 5.30. The van der Waals surface area contributed by atoms with E-state index in [0.29, 0.717) is 42.8 Å². The number of pyridine rings is 1. The summed E-state index contributed by atoms with van der Waals surface area (Å²) in [6.45, 7) is 0.502. The van der Waals surface area contributed by atoms with E-state index in [1.807, 2.05) is 0 Å². The summed E-state index contributed by atoms with van der Waals surface area (Å²) in [5, 5.41) is 6.80. The number of aromatic nitrogens is 3. The van der Waals surface area contributed by atoms with Crippen molar-refractivity contribution in [1.82, 2.24) is 20.4 Å². The Morgan fingerprint density at radius 3 is 2.56 bits per heavy atom. The summed E-state index contributed by atoms with van der Waals surface area (Å²) < 4.78 is 46.0. The number of rotatable bonds is 2. The van der Waals surface area contributed by atoms with Gasteiger partial charge in [-0.15, -0.1) is 0 Å². The highest BCUT2D eigenvalue weighted by Gasteiger charge is 2.67. The van der Waals surface area contributed by atoms with Gasteiger partial charge < -0.3 is 9.84 Å². The molecule has 2 fully saturated rings. The van der Waals surface area contributed by atoms with Crippen molar-refractivity contribution in [3.63, 3.8) is 0 Å². The van der Waals surface area contributed by atoms with Crippen LogP contribution in [0.25, 0.3) is 11.5 Å². The van der Waals surface area contributed by atoms with Crippen LogP contribution in [-0.2, 0) is 11.8 Å². The average Bonchev–Trinajstić information content (AvgIpc) is 3.36. The Hall–Kier alpha value is -2.45. The molecule has 5 rings (SSSR count). The molecule has 2 saturated carbocycles. The second-order valence-corrected chi connectivity index (χ2v) is 7.88. The largest absolute Gasteiger partial charge is 0.394 e. The lowest BCUT2D eigenvalue weighted by molar-refractivity contribution is -0.220. The lowest BCUT2D eigenvalue weighted by Gasteiger charge is -2.29. The minimum atomic E-state index is -4.20. The maximum atomic E-state index is 13.5. The maximum Gasteiger partial charge on any atom is 0.394 e. The van der Waals surface area contributed by atoms with Crippen molar-refractivity contribution in [3.05, 3.63) is 29.3 Å². The molecule has 0 atom stereocenters. The first kappa shape index (κ1) is 16.7. The molecule has 6 nitrogen and oxygen atoms in total. The minimum absolute atomic E-state index is 0.0238. The molecular weight excluding hydrogens is 361 g/mol. The normalized spacial score (nSPS) is 29.7. The summed E-state index contributed by atoms with van der Waals surface area (Å²) in [6, 6.07) is 0. The molecule has 1 amide bonds. The zero-order valence-electron chi connectivity index (χ0n) is 14.4. The molecule has 27 heavy (non-hydrogen) atoms. The predicted octanol–water partition coefficient (Wildman–Crippen LogP) is 3.18. The number of amides is 1. The number of nitrogens with zero attached hydrogens (tertiary/aromatic N) is 3. The van der Waals surface area contributed by atoms with Crippen molar-refractivity contribution in [1.29, 1.82) is 0 Å². The second-order valence-electron chi connectivity index (χ2n) is 7.88. The zero-order chi connectivity index (χ0) is 18.9. The van der Waals surface area contributed by atoms with Gasteiger partial charge in [0.25, 0.3) is 11.8 Å². The van der Waals surface area contributed by atoms with Gasteiger partial charge in [0.2, 0.25) is 0 Å². The number of halogens is 3. The van der Waals surface area contributed by atoms with Gasteiger partial charge in [-0.05, 0) is 44.1 Å². The molecule has 3 aliphatic rings. The van der Waals surface area contributed by atoms with Gasteiger partial charge in [0.15, 0.2) is 5.82 Å². The SMILES string of the molecule is O=C1NCCc2c1cncc2-c1nc(C23CCC(C(F)(F)F)(CC2)C3)no1. The Balaban J connectivity index is 1.51. The lowest BCUT2D eigenvalue weighted by Crippen LogP contribution is -2.33. The highest BCUT2D eigenvalue weighted by atomic mass is 19.4.